The molecule has 0 aliphatic heterocycles. The number of carbonyl (C=O) groups is 2. The van der Waals surface area contributed by atoms with E-state index in [-0.39, 0.29) is 23.9 Å². The van der Waals surface area contributed by atoms with Crippen LogP contribution in [0.2, 0.25) is 0 Å². The largest absolute Gasteiger partial charge is 0.361 e. The van der Waals surface area contributed by atoms with E-state index in [2.05, 4.69) is 11.9 Å². The number of rotatable bonds is 14. The van der Waals surface area contributed by atoms with Gasteiger partial charge in [-0.15, -0.1) is 0 Å². The molecular formula is C24H36N2O2. The lowest BCUT2D eigenvalue weighted by Gasteiger charge is -2.16. The monoisotopic (exact) mass is 384 g/mol. The van der Waals surface area contributed by atoms with Crippen LogP contribution in [-0.2, 0) is 16.0 Å². The van der Waals surface area contributed by atoms with E-state index in [1.807, 2.05) is 37.4 Å². The minimum atomic E-state index is -0.560. The van der Waals surface area contributed by atoms with Gasteiger partial charge in [-0.2, -0.15) is 0 Å². The van der Waals surface area contributed by atoms with Crippen LogP contribution in [0.25, 0.3) is 10.9 Å². The van der Waals surface area contributed by atoms with Crippen molar-refractivity contribution >= 4 is 22.5 Å². The number of H-pyrrole nitrogens is 1. The van der Waals surface area contributed by atoms with Crippen molar-refractivity contribution in [2.24, 2.45) is 11.7 Å². The number of Topliss-reactive ketones (excluding diaryl/α,β-unsaturated/α-hetero) is 2. The Labute approximate surface area is 169 Å². The van der Waals surface area contributed by atoms with Crippen LogP contribution in [0.4, 0.5) is 0 Å². The molecule has 1 heterocycles. The average molecular weight is 385 g/mol. The van der Waals surface area contributed by atoms with E-state index in [9.17, 15) is 9.59 Å². The van der Waals surface area contributed by atoms with Gasteiger partial charge in [0.1, 0.15) is 5.78 Å². The summed E-state index contributed by atoms with van der Waals surface area (Å²) in [7, 11) is 0. The number of ketones is 2. The van der Waals surface area contributed by atoms with Crippen molar-refractivity contribution in [2.75, 3.05) is 0 Å². The van der Waals surface area contributed by atoms with Gasteiger partial charge in [-0.25, -0.2) is 0 Å². The molecule has 0 fully saturated rings. The van der Waals surface area contributed by atoms with Crippen molar-refractivity contribution in [1.82, 2.24) is 4.98 Å². The Morgan fingerprint density at radius 1 is 1.00 bits per heavy atom. The van der Waals surface area contributed by atoms with Crippen LogP contribution in [0.5, 0.6) is 0 Å². The number of hydrogen-bond donors (Lipinski definition) is 2. The fraction of sp³-hybridized carbons (Fsp3) is 0.583. The van der Waals surface area contributed by atoms with Crippen LogP contribution in [0, 0.1) is 5.92 Å². The highest BCUT2D eigenvalue weighted by Gasteiger charge is 2.23. The first-order chi connectivity index (χ1) is 13.6. The molecule has 0 aliphatic carbocycles. The number of carbonyl (C=O) groups excluding carboxylic acids is 2. The first-order valence-electron chi connectivity index (χ1n) is 10.9. The molecular weight excluding hydrogens is 348 g/mol. The number of aromatic amines is 1. The third kappa shape index (κ3) is 6.59. The molecule has 0 bridgehead atoms. The van der Waals surface area contributed by atoms with Gasteiger partial charge >= 0.3 is 0 Å². The van der Waals surface area contributed by atoms with Gasteiger partial charge in [0.2, 0.25) is 0 Å². The number of hydrogen-bond acceptors (Lipinski definition) is 3. The van der Waals surface area contributed by atoms with Crippen LogP contribution in [0.3, 0.4) is 0 Å². The molecule has 2 rings (SSSR count). The van der Waals surface area contributed by atoms with Crippen molar-refractivity contribution in [3.05, 3.63) is 36.0 Å². The number of nitrogens with two attached hydrogens (primary N) is 1. The summed E-state index contributed by atoms with van der Waals surface area (Å²) in [6, 6.07) is 7.46. The quantitative estimate of drug-likeness (QED) is 0.431. The maximum atomic E-state index is 12.6. The van der Waals surface area contributed by atoms with Crippen molar-refractivity contribution in [3.63, 3.8) is 0 Å². The van der Waals surface area contributed by atoms with Gasteiger partial charge in [-0.1, -0.05) is 64.2 Å². The van der Waals surface area contributed by atoms with Gasteiger partial charge in [0, 0.05) is 35.9 Å². The number of nitrogens with one attached hydrogen (secondary N) is 1. The Hall–Kier alpha value is -1.94. The molecule has 154 valence electrons. The van der Waals surface area contributed by atoms with Gasteiger partial charge in [-0.05, 0) is 30.9 Å². The summed E-state index contributed by atoms with van der Waals surface area (Å²) < 4.78 is 0. The van der Waals surface area contributed by atoms with E-state index < -0.39 is 6.04 Å². The van der Waals surface area contributed by atoms with E-state index in [1.165, 1.54) is 25.7 Å². The van der Waals surface area contributed by atoms with Gasteiger partial charge in [0.15, 0.2) is 5.78 Å². The number of aromatic nitrogens is 1. The molecule has 2 atom stereocenters. The van der Waals surface area contributed by atoms with Gasteiger partial charge < -0.3 is 10.7 Å². The third-order valence-corrected chi connectivity index (χ3v) is 5.70. The Morgan fingerprint density at radius 2 is 1.71 bits per heavy atom. The van der Waals surface area contributed by atoms with Crippen molar-refractivity contribution in [3.8, 4) is 0 Å². The molecule has 0 saturated carbocycles. The van der Waals surface area contributed by atoms with E-state index in [0.717, 1.165) is 29.3 Å². The van der Waals surface area contributed by atoms with Gasteiger partial charge in [0.05, 0.1) is 6.04 Å². The Morgan fingerprint density at radius 3 is 2.46 bits per heavy atom. The lowest BCUT2D eigenvalue weighted by atomic mass is 9.88. The zero-order valence-corrected chi connectivity index (χ0v) is 17.5. The standard InChI is InChI=1S/C24H36N2O2/c1-3-5-6-7-8-9-14-23(27)18(4-2)16-24(28)21(25)15-19-17-26-22-13-11-10-12-20(19)22/h10-13,17-18,21,26H,3-9,14-16,25H2,1-2H3. The predicted octanol–water partition coefficient (Wildman–Crippen LogP) is 5.34. The molecule has 0 saturated heterocycles. The van der Waals surface area contributed by atoms with Crippen LogP contribution < -0.4 is 5.73 Å². The molecule has 1 aromatic carbocycles. The molecule has 0 spiro atoms. The second-order valence-electron chi connectivity index (χ2n) is 7.93. The summed E-state index contributed by atoms with van der Waals surface area (Å²) in [5.41, 5.74) is 8.31. The van der Waals surface area contributed by atoms with E-state index in [1.54, 1.807) is 0 Å². The lowest BCUT2D eigenvalue weighted by Crippen LogP contribution is -2.35. The van der Waals surface area contributed by atoms with Crippen molar-refractivity contribution < 1.29 is 9.59 Å². The third-order valence-electron chi connectivity index (χ3n) is 5.70. The zero-order chi connectivity index (χ0) is 20.4. The van der Waals surface area contributed by atoms with Crippen LogP contribution in [-0.4, -0.2) is 22.6 Å². The molecule has 0 radical (unpaired) electrons. The molecule has 2 aromatic rings. The SMILES string of the molecule is CCCCCCCCC(=O)C(CC)CC(=O)C(N)Cc1c[nH]c2ccccc12. The summed E-state index contributed by atoms with van der Waals surface area (Å²) in [5, 5.41) is 1.11. The summed E-state index contributed by atoms with van der Waals surface area (Å²) in [5.74, 6) is 0.0382. The van der Waals surface area contributed by atoms with Crippen LogP contribution in [0.15, 0.2) is 30.5 Å². The highest BCUT2D eigenvalue weighted by atomic mass is 16.1. The van der Waals surface area contributed by atoms with E-state index in [0.29, 0.717) is 19.3 Å². The molecule has 0 aliphatic rings. The number of unbranched alkanes of at least 4 members (excludes halogenated alkanes) is 5. The summed E-state index contributed by atoms with van der Waals surface area (Å²) >= 11 is 0. The van der Waals surface area contributed by atoms with Crippen LogP contribution in [0.1, 0.15) is 77.2 Å². The second-order valence-corrected chi connectivity index (χ2v) is 7.93. The molecule has 0 amide bonds. The highest BCUT2D eigenvalue weighted by Crippen LogP contribution is 2.21. The minimum absolute atomic E-state index is 0.00609. The molecule has 28 heavy (non-hydrogen) atoms. The van der Waals surface area contributed by atoms with Gasteiger partial charge in [0.25, 0.3) is 0 Å². The normalized spacial score (nSPS) is 13.5. The smallest absolute Gasteiger partial charge is 0.150 e. The molecule has 1 aromatic heterocycles. The number of para-hydroxylation sites is 1. The zero-order valence-electron chi connectivity index (χ0n) is 17.5. The Bertz CT molecular complexity index is 750. The van der Waals surface area contributed by atoms with Crippen molar-refractivity contribution in [2.45, 2.75) is 84.1 Å². The summed E-state index contributed by atoms with van der Waals surface area (Å²) in [6.45, 7) is 4.19. The summed E-state index contributed by atoms with van der Waals surface area (Å²) in [6.07, 6.45) is 11.0. The van der Waals surface area contributed by atoms with E-state index >= 15 is 0 Å². The highest BCUT2D eigenvalue weighted by molar-refractivity contribution is 5.91. The van der Waals surface area contributed by atoms with E-state index in [4.69, 9.17) is 5.73 Å². The fourth-order valence-corrected chi connectivity index (χ4v) is 3.82. The maximum absolute atomic E-state index is 12.6. The van der Waals surface area contributed by atoms with Gasteiger partial charge in [-0.3, -0.25) is 9.59 Å². The summed E-state index contributed by atoms with van der Waals surface area (Å²) in [4.78, 5) is 28.4. The maximum Gasteiger partial charge on any atom is 0.150 e. The molecule has 3 N–H and O–H groups in total. The Kier molecular flexibility index (Phi) is 9.42. The van der Waals surface area contributed by atoms with Crippen molar-refractivity contribution in [1.29, 1.82) is 0 Å². The average Bonchev–Trinajstić information content (AvgIpc) is 3.11. The lowest BCUT2D eigenvalue weighted by molar-refractivity contribution is -0.128. The predicted molar refractivity (Wildman–Crippen MR) is 116 cm³/mol. The molecule has 4 nitrogen and oxygen atoms in total. The topological polar surface area (TPSA) is 75.9 Å². The first-order valence-corrected chi connectivity index (χ1v) is 10.9. The minimum Gasteiger partial charge on any atom is -0.361 e. The Balaban J connectivity index is 1.80. The number of benzene rings is 1. The fourth-order valence-electron chi connectivity index (χ4n) is 3.82. The molecule has 2 unspecified atom stereocenters. The van der Waals surface area contributed by atoms with Crippen LogP contribution >= 0.6 is 0 Å². The second kappa shape index (κ2) is 11.8. The molecule has 4 heteroatoms. The number of fused-ring (bicyclic) bond motifs is 1. The first kappa shape index (κ1) is 22.4.